The Labute approximate surface area is 112 Å². The summed E-state index contributed by atoms with van der Waals surface area (Å²) in [5.41, 5.74) is 0.462. The fraction of sp³-hybridized carbons (Fsp3) is 0.500. The van der Waals surface area contributed by atoms with Gasteiger partial charge in [-0.15, -0.1) is 23.1 Å². The Morgan fingerprint density at radius 2 is 2.11 bits per heavy atom. The van der Waals surface area contributed by atoms with Crippen molar-refractivity contribution in [3.8, 4) is 0 Å². The van der Waals surface area contributed by atoms with Crippen molar-refractivity contribution in [3.63, 3.8) is 0 Å². The largest absolute Gasteiger partial charge is 0.326 e. The van der Waals surface area contributed by atoms with E-state index in [1.54, 1.807) is 11.3 Å². The predicted molar refractivity (Wildman–Crippen MR) is 76.8 cm³/mol. The summed E-state index contributed by atoms with van der Waals surface area (Å²) in [4.78, 5) is 30.3. The van der Waals surface area contributed by atoms with E-state index in [1.807, 2.05) is 11.8 Å². The summed E-state index contributed by atoms with van der Waals surface area (Å²) in [7, 11) is 0. The van der Waals surface area contributed by atoms with Gasteiger partial charge in [0.25, 0.3) is 5.56 Å². The fourth-order valence-electron chi connectivity index (χ4n) is 2.34. The molecule has 3 rings (SSSR count). The molecule has 4 nitrogen and oxygen atoms in total. The molecule has 2 aromatic rings. The van der Waals surface area contributed by atoms with E-state index in [0.717, 1.165) is 29.0 Å². The molecule has 3 heterocycles. The number of nitrogens with one attached hydrogen (secondary N) is 2. The average Bonchev–Trinajstić information content (AvgIpc) is 2.66. The third-order valence-corrected chi connectivity index (χ3v) is 6.52. The molecule has 1 atom stereocenters. The van der Waals surface area contributed by atoms with Crippen molar-refractivity contribution in [1.29, 1.82) is 0 Å². The van der Waals surface area contributed by atoms with Crippen LogP contribution in [0.25, 0.3) is 10.2 Å². The van der Waals surface area contributed by atoms with Gasteiger partial charge in [0.05, 0.1) is 5.39 Å². The molecule has 2 N–H and O–H groups in total. The molecule has 0 aromatic carbocycles. The second-order valence-electron chi connectivity index (χ2n) is 4.89. The zero-order chi connectivity index (χ0) is 12.9. The highest BCUT2D eigenvalue weighted by Gasteiger charge is 2.32. The Balaban J connectivity index is 2.28. The lowest BCUT2D eigenvalue weighted by molar-refractivity contribution is 0.611. The molecule has 6 heteroatoms. The number of rotatable bonds is 1. The van der Waals surface area contributed by atoms with Gasteiger partial charge in [-0.05, 0) is 18.4 Å². The molecule has 96 valence electrons. The van der Waals surface area contributed by atoms with E-state index in [9.17, 15) is 9.59 Å². The normalized spacial score (nSPS) is 23.2. The Bertz CT molecular complexity index is 728. The van der Waals surface area contributed by atoms with Crippen molar-refractivity contribution in [1.82, 2.24) is 9.97 Å². The van der Waals surface area contributed by atoms with Crippen LogP contribution in [0.2, 0.25) is 0 Å². The molecule has 0 spiro atoms. The number of aromatic amines is 2. The summed E-state index contributed by atoms with van der Waals surface area (Å²) in [6.07, 6.45) is 1.98. The molecule has 0 amide bonds. The van der Waals surface area contributed by atoms with Gasteiger partial charge in [0.15, 0.2) is 0 Å². The molecule has 0 bridgehead atoms. The summed E-state index contributed by atoms with van der Waals surface area (Å²) in [5.74, 6) is 0.931. The van der Waals surface area contributed by atoms with Gasteiger partial charge in [0.2, 0.25) is 0 Å². The van der Waals surface area contributed by atoms with Crippen LogP contribution >= 0.6 is 23.1 Å². The lowest BCUT2D eigenvalue weighted by atomic mass is 9.96. The van der Waals surface area contributed by atoms with Crippen LogP contribution in [-0.4, -0.2) is 14.7 Å². The molecular weight excluding hydrogens is 268 g/mol. The number of aromatic nitrogens is 2. The van der Waals surface area contributed by atoms with Crippen molar-refractivity contribution in [2.45, 2.75) is 37.2 Å². The van der Waals surface area contributed by atoms with Crippen LogP contribution in [-0.2, 0) is 12.2 Å². The summed E-state index contributed by atoms with van der Waals surface area (Å²) in [6, 6.07) is 0. The van der Waals surface area contributed by atoms with E-state index in [0.29, 0.717) is 5.39 Å². The van der Waals surface area contributed by atoms with E-state index in [4.69, 9.17) is 0 Å². The van der Waals surface area contributed by atoms with Crippen LogP contribution in [0.5, 0.6) is 0 Å². The first-order valence-corrected chi connectivity index (χ1v) is 7.73. The SMILES string of the molecule is CC[C@]1(C)Cc2c(sc3[nH]c(=O)[nH]c(=O)c23)CS1. The van der Waals surface area contributed by atoms with Crippen molar-refractivity contribution >= 4 is 33.3 Å². The van der Waals surface area contributed by atoms with Gasteiger partial charge < -0.3 is 0 Å². The number of hydrogen-bond donors (Lipinski definition) is 2. The van der Waals surface area contributed by atoms with Crippen LogP contribution in [0.3, 0.4) is 0 Å². The standard InChI is InChI=1S/C12H14N2O2S2/c1-3-12(2)4-6-7(5-17-12)18-10-8(6)9(15)13-11(16)14-10/h3-5H2,1-2H3,(H2,13,14,15,16)/t12-/m1/s1. The van der Waals surface area contributed by atoms with E-state index in [-0.39, 0.29) is 10.3 Å². The number of fused-ring (bicyclic) bond motifs is 3. The predicted octanol–water partition coefficient (Wildman–Crippen LogP) is 2.24. The van der Waals surface area contributed by atoms with E-state index in [2.05, 4.69) is 23.8 Å². The molecule has 0 unspecified atom stereocenters. The van der Waals surface area contributed by atoms with Crippen molar-refractivity contribution < 1.29 is 0 Å². The van der Waals surface area contributed by atoms with Gasteiger partial charge in [0.1, 0.15) is 4.83 Å². The highest BCUT2D eigenvalue weighted by molar-refractivity contribution is 8.00. The number of thiophene rings is 1. The molecule has 1 aliphatic heterocycles. The lowest BCUT2D eigenvalue weighted by Crippen LogP contribution is -2.27. The van der Waals surface area contributed by atoms with Gasteiger partial charge in [-0.1, -0.05) is 13.8 Å². The summed E-state index contributed by atoms with van der Waals surface area (Å²) < 4.78 is 0.198. The fourth-order valence-corrected chi connectivity index (χ4v) is 4.86. The summed E-state index contributed by atoms with van der Waals surface area (Å²) >= 11 is 3.48. The van der Waals surface area contributed by atoms with Crippen LogP contribution in [0.1, 0.15) is 30.7 Å². The quantitative estimate of drug-likeness (QED) is 0.843. The second-order valence-corrected chi connectivity index (χ2v) is 7.55. The maximum absolute atomic E-state index is 12.0. The Hall–Kier alpha value is -1.01. The average molecular weight is 282 g/mol. The van der Waals surface area contributed by atoms with Gasteiger partial charge >= 0.3 is 5.69 Å². The Morgan fingerprint density at radius 3 is 2.83 bits per heavy atom. The van der Waals surface area contributed by atoms with Gasteiger partial charge in [-0.25, -0.2) is 4.79 Å². The molecule has 1 aliphatic rings. The van der Waals surface area contributed by atoms with Crippen molar-refractivity contribution in [3.05, 3.63) is 31.3 Å². The summed E-state index contributed by atoms with van der Waals surface area (Å²) in [5, 5.41) is 0.689. The molecular formula is C12H14N2O2S2. The minimum Gasteiger partial charge on any atom is -0.298 e. The zero-order valence-electron chi connectivity index (χ0n) is 10.3. The smallest absolute Gasteiger partial charge is 0.298 e. The van der Waals surface area contributed by atoms with Crippen LogP contribution in [0.4, 0.5) is 0 Å². The van der Waals surface area contributed by atoms with Crippen LogP contribution in [0, 0.1) is 0 Å². The first-order valence-electron chi connectivity index (χ1n) is 5.93. The van der Waals surface area contributed by atoms with E-state index < -0.39 is 5.69 Å². The minimum atomic E-state index is -0.419. The molecule has 0 aliphatic carbocycles. The zero-order valence-corrected chi connectivity index (χ0v) is 11.9. The van der Waals surface area contributed by atoms with Gasteiger partial charge in [-0.2, -0.15) is 0 Å². The molecule has 0 fully saturated rings. The molecule has 2 aromatic heterocycles. The number of thioether (sulfide) groups is 1. The third kappa shape index (κ3) is 1.75. The van der Waals surface area contributed by atoms with E-state index in [1.165, 1.54) is 4.88 Å². The van der Waals surface area contributed by atoms with Crippen molar-refractivity contribution in [2.75, 3.05) is 0 Å². The minimum absolute atomic E-state index is 0.198. The first-order chi connectivity index (χ1) is 8.52. The summed E-state index contributed by atoms with van der Waals surface area (Å²) in [6.45, 7) is 4.42. The molecule has 0 saturated heterocycles. The Kier molecular flexibility index (Phi) is 2.67. The molecule has 18 heavy (non-hydrogen) atoms. The van der Waals surface area contributed by atoms with Crippen LogP contribution in [0.15, 0.2) is 9.59 Å². The number of H-pyrrole nitrogens is 2. The molecule has 0 saturated carbocycles. The van der Waals surface area contributed by atoms with E-state index >= 15 is 0 Å². The highest BCUT2D eigenvalue weighted by Crippen LogP contribution is 2.45. The monoisotopic (exact) mass is 282 g/mol. The third-order valence-electron chi connectivity index (χ3n) is 3.62. The number of hydrogen-bond acceptors (Lipinski definition) is 4. The van der Waals surface area contributed by atoms with Gasteiger partial charge in [-0.3, -0.25) is 14.8 Å². The van der Waals surface area contributed by atoms with Crippen molar-refractivity contribution in [2.24, 2.45) is 0 Å². The Morgan fingerprint density at radius 1 is 1.33 bits per heavy atom. The second kappa shape index (κ2) is 3.99. The topological polar surface area (TPSA) is 65.7 Å². The first kappa shape index (κ1) is 12.0. The maximum atomic E-state index is 12.0. The lowest BCUT2D eigenvalue weighted by Gasteiger charge is -2.31. The molecule has 0 radical (unpaired) electrons. The highest BCUT2D eigenvalue weighted by atomic mass is 32.2. The van der Waals surface area contributed by atoms with Gasteiger partial charge in [0, 0.05) is 15.4 Å². The maximum Gasteiger partial charge on any atom is 0.326 e. The van der Waals surface area contributed by atoms with Crippen LogP contribution < -0.4 is 11.2 Å².